The highest BCUT2D eigenvalue weighted by molar-refractivity contribution is 4.82. The van der Waals surface area contributed by atoms with Crippen LogP contribution in [-0.2, 0) is 0 Å². The largest absolute Gasteiger partial charge is 0.298 e. The molecule has 1 heteroatoms. The van der Waals surface area contributed by atoms with Gasteiger partial charge in [0.1, 0.15) is 0 Å². The van der Waals surface area contributed by atoms with Crippen molar-refractivity contribution in [2.45, 2.75) is 66.0 Å². The zero-order valence-corrected chi connectivity index (χ0v) is 9.93. The van der Waals surface area contributed by atoms with Crippen molar-refractivity contribution in [1.29, 1.82) is 0 Å². The van der Waals surface area contributed by atoms with Crippen molar-refractivity contribution in [2.75, 3.05) is 6.54 Å². The van der Waals surface area contributed by atoms with Crippen LogP contribution in [0.25, 0.3) is 0 Å². The standard InChI is InChI=1S/C12H25N/c1-10(2)13-8-6-7-12(4,5)9-11(13)3/h10-11H,6-9H2,1-5H3. The molecule has 1 nitrogen and oxygen atoms in total. The molecule has 0 spiro atoms. The summed E-state index contributed by atoms with van der Waals surface area (Å²) < 4.78 is 0. The van der Waals surface area contributed by atoms with Gasteiger partial charge < -0.3 is 0 Å². The third kappa shape index (κ3) is 2.98. The molecule has 0 radical (unpaired) electrons. The summed E-state index contributed by atoms with van der Waals surface area (Å²) in [6.07, 6.45) is 4.11. The molecule has 1 fully saturated rings. The van der Waals surface area contributed by atoms with Crippen LogP contribution in [0, 0.1) is 5.41 Å². The van der Waals surface area contributed by atoms with Gasteiger partial charge in [-0.2, -0.15) is 0 Å². The van der Waals surface area contributed by atoms with Gasteiger partial charge in [-0.05, 0) is 52.0 Å². The van der Waals surface area contributed by atoms with Gasteiger partial charge in [-0.1, -0.05) is 13.8 Å². The van der Waals surface area contributed by atoms with Crippen molar-refractivity contribution in [3.8, 4) is 0 Å². The van der Waals surface area contributed by atoms with E-state index in [4.69, 9.17) is 0 Å². The van der Waals surface area contributed by atoms with Gasteiger partial charge >= 0.3 is 0 Å². The molecule has 0 N–H and O–H groups in total. The van der Waals surface area contributed by atoms with Crippen molar-refractivity contribution in [3.05, 3.63) is 0 Å². The fraction of sp³-hybridized carbons (Fsp3) is 1.00. The molecular weight excluding hydrogens is 158 g/mol. The summed E-state index contributed by atoms with van der Waals surface area (Å²) in [5.74, 6) is 0. The number of rotatable bonds is 1. The molecule has 1 aliphatic heterocycles. The second kappa shape index (κ2) is 4.00. The van der Waals surface area contributed by atoms with Gasteiger partial charge in [0.15, 0.2) is 0 Å². The third-order valence-corrected chi connectivity index (χ3v) is 3.35. The fourth-order valence-electron chi connectivity index (χ4n) is 2.75. The second-order valence-electron chi connectivity index (χ2n) is 5.65. The van der Waals surface area contributed by atoms with Crippen molar-refractivity contribution < 1.29 is 0 Å². The summed E-state index contributed by atoms with van der Waals surface area (Å²) in [4.78, 5) is 2.65. The zero-order chi connectivity index (χ0) is 10.1. The number of likely N-dealkylation sites (tertiary alicyclic amines) is 1. The third-order valence-electron chi connectivity index (χ3n) is 3.35. The Hall–Kier alpha value is -0.0400. The zero-order valence-electron chi connectivity index (χ0n) is 9.93. The van der Waals surface area contributed by atoms with Crippen LogP contribution in [0.4, 0.5) is 0 Å². The second-order valence-corrected chi connectivity index (χ2v) is 5.65. The Labute approximate surface area is 83.5 Å². The van der Waals surface area contributed by atoms with Gasteiger partial charge in [-0.25, -0.2) is 0 Å². The van der Waals surface area contributed by atoms with Gasteiger partial charge in [-0.3, -0.25) is 4.90 Å². The van der Waals surface area contributed by atoms with Crippen LogP contribution in [0.15, 0.2) is 0 Å². The lowest BCUT2D eigenvalue weighted by atomic mass is 9.83. The lowest BCUT2D eigenvalue weighted by Crippen LogP contribution is -2.39. The summed E-state index contributed by atoms with van der Waals surface area (Å²) in [5.41, 5.74) is 0.559. The van der Waals surface area contributed by atoms with Crippen LogP contribution in [-0.4, -0.2) is 23.5 Å². The average molecular weight is 183 g/mol. The highest BCUT2D eigenvalue weighted by Gasteiger charge is 2.28. The van der Waals surface area contributed by atoms with E-state index in [1.165, 1.54) is 25.8 Å². The van der Waals surface area contributed by atoms with Crippen molar-refractivity contribution in [3.63, 3.8) is 0 Å². The monoisotopic (exact) mass is 183 g/mol. The minimum atomic E-state index is 0.559. The van der Waals surface area contributed by atoms with E-state index < -0.39 is 0 Å². The fourth-order valence-corrected chi connectivity index (χ4v) is 2.75. The Morgan fingerprint density at radius 1 is 1.31 bits per heavy atom. The molecule has 0 aromatic heterocycles. The van der Waals surface area contributed by atoms with E-state index >= 15 is 0 Å². The first kappa shape index (κ1) is 11.0. The Morgan fingerprint density at radius 2 is 1.92 bits per heavy atom. The van der Waals surface area contributed by atoms with Crippen molar-refractivity contribution in [2.24, 2.45) is 5.41 Å². The molecule has 1 atom stereocenters. The summed E-state index contributed by atoms with van der Waals surface area (Å²) in [7, 11) is 0. The van der Waals surface area contributed by atoms with E-state index in [9.17, 15) is 0 Å². The molecule has 1 unspecified atom stereocenters. The molecule has 13 heavy (non-hydrogen) atoms. The maximum atomic E-state index is 2.65. The van der Waals surface area contributed by atoms with Crippen LogP contribution in [0.1, 0.15) is 53.9 Å². The predicted molar refractivity (Wildman–Crippen MR) is 58.9 cm³/mol. The first-order valence-electron chi connectivity index (χ1n) is 5.68. The van der Waals surface area contributed by atoms with E-state index in [2.05, 4.69) is 39.5 Å². The minimum Gasteiger partial charge on any atom is -0.298 e. The highest BCUT2D eigenvalue weighted by atomic mass is 15.2. The van der Waals surface area contributed by atoms with Gasteiger partial charge in [0, 0.05) is 12.1 Å². The van der Waals surface area contributed by atoms with E-state index in [0.29, 0.717) is 11.5 Å². The Kier molecular flexibility index (Phi) is 3.39. The molecule has 1 aliphatic rings. The van der Waals surface area contributed by atoms with Crippen LogP contribution >= 0.6 is 0 Å². The van der Waals surface area contributed by atoms with Crippen LogP contribution in [0.2, 0.25) is 0 Å². The molecule has 0 bridgehead atoms. The molecule has 0 amide bonds. The van der Waals surface area contributed by atoms with Gasteiger partial charge in [0.25, 0.3) is 0 Å². The SMILES string of the molecule is CC(C)N1CCCC(C)(C)CC1C. The molecule has 1 rings (SSSR count). The molecule has 1 saturated heterocycles. The summed E-state index contributed by atoms with van der Waals surface area (Å²) in [5, 5.41) is 0. The molecule has 0 aromatic carbocycles. The lowest BCUT2D eigenvalue weighted by Gasteiger charge is -2.33. The Bertz CT molecular complexity index is 161. The normalized spacial score (nSPS) is 30.5. The van der Waals surface area contributed by atoms with Gasteiger partial charge in [-0.15, -0.1) is 0 Å². The topological polar surface area (TPSA) is 3.24 Å². The number of hydrogen-bond acceptors (Lipinski definition) is 1. The molecule has 0 aromatic rings. The van der Waals surface area contributed by atoms with Crippen LogP contribution < -0.4 is 0 Å². The molecule has 1 heterocycles. The summed E-state index contributed by atoms with van der Waals surface area (Å²) >= 11 is 0. The predicted octanol–water partition coefficient (Wildman–Crippen LogP) is 3.30. The van der Waals surface area contributed by atoms with Crippen molar-refractivity contribution in [1.82, 2.24) is 4.90 Å². The molecule has 0 aliphatic carbocycles. The quantitative estimate of drug-likeness (QED) is 0.603. The van der Waals surface area contributed by atoms with Crippen LogP contribution in [0.5, 0.6) is 0 Å². The molecular formula is C12H25N. The highest BCUT2D eigenvalue weighted by Crippen LogP contribution is 2.33. The Morgan fingerprint density at radius 3 is 2.46 bits per heavy atom. The minimum absolute atomic E-state index is 0.559. The number of hydrogen-bond donors (Lipinski definition) is 0. The smallest absolute Gasteiger partial charge is 0.00747 e. The Balaban J connectivity index is 2.62. The molecule has 0 saturated carbocycles. The van der Waals surface area contributed by atoms with E-state index in [-0.39, 0.29) is 0 Å². The van der Waals surface area contributed by atoms with E-state index in [1.807, 2.05) is 0 Å². The van der Waals surface area contributed by atoms with Gasteiger partial charge in [0.2, 0.25) is 0 Å². The van der Waals surface area contributed by atoms with E-state index in [0.717, 1.165) is 6.04 Å². The van der Waals surface area contributed by atoms with E-state index in [1.54, 1.807) is 0 Å². The lowest BCUT2D eigenvalue weighted by molar-refractivity contribution is 0.151. The van der Waals surface area contributed by atoms with Crippen LogP contribution in [0.3, 0.4) is 0 Å². The van der Waals surface area contributed by atoms with Gasteiger partial charge in [0.05, 0.1) is 0 Å². The molecule has 78 valence electrons. The maximum Gasteiger partial charge on any atom is 0.00747 e. The first-order valence-corrected chi connectivity index (χ1v) is 5.68. The maximum absolute atomic E-state index is 2.65. The summed E-state index contributed by atoms with van der Waals surface area (Å²) in [6.45, 7) is 13.1. The first-order chi connectivity index (χ1) is 5.92. The summed E-state index contributed by atoms with van der Waals surface area (Å²) in [6, 6.07) is 1.47. The van der Waals surface area contributed by atoms with Crippen molar-refractivity contribution >= 4 is 0 Å². The average Bonchev–Trinajstić information content (AvgIpc) is 2.06. The number of nitrogens with zero attached hydrogens (tertiary/aromatic N) is 1.